The molecular formula is C24H27N2O3+. The van der Waals surface area contributed by atoms with Crippen LogP contribution in [0.3, 0.4) is 0 Å². The summed E-state index contributed by atoms with van der Waals surface area (Å²) in [7, 11) is 0. The number of amides is 2. The maximum Gasteiger partial charge on any atom is 0.522 e. The lowest BCUT2D eigenvalue weighted by molar-refractivity contribution is -0.676. The molecule has 0 radical (unpaired) electrons. The van der Waals surface area contributed by atoms with Gasteiger partial charge >= 0.3 is 12.0 Å². The Bertz CT molecular complexity index is 959. The van der Waals surface area contributed by atoms with Gasteiger partial charge in [0.25, 0.3) is 0 Å². The molecule has 1 saturated heterocycles. The number of hydrogen-bond donors (Lipinski definition) is 1. The second-order valence-electron chi connectivity index (χ2n) is 8.02. The van der Waals surface area contributed by atoms with E-state index in [-0.39, 0.29) is 30.3 Å². The van der Waals surface area contributed by atoms with Gasteiger partial charge in [0.05, 0.1) is 18.1 Å². The van der Waals surface area contributed by atoms with E-state index >= 15 is 0 Å². The molecule has 0 saturated carbocycles. The van der Waals surface area contributed by atoms with Gasteiger partial charge in [-0.1, -0.05) is 69.7 Å². The standard InChI is InChI=1S/C24H26N2O3/c1-4-5-10-21(27)26(24(28)29)22(16(2)3)23(26)18-13-11-17(12-14-18)20-9-7-6-8-19(20)15-25/h6-9,11-14,16,22-23H,4-5,10H2,1-3H3/p+1. The number of hydrogen-bond acceptors (Lipinski definition) is 3. The highest BCUT2D eigenvalue weighted by atomic mass is 16.4. The van der Waals surface area contributed by atoms with Gasteiger partial charge in [-0.2, -0.15) is 10.1 Å². The molecule has 0 aromatic heterocycles. The summed E-state index contributed by atoms with van der Waals surface area (Å²) in [6.07, 6.45) is 0.785. The van der Waals surface area contributed by atoms with E-state index in [0.717, 1.165) is 23.1 Å². The number of carboxylic acid groups (broad SMARTS) is 1. The number of carbonyl (C=O) groups is 2. The number of quaternary nitrogens is 1. The summed E-state index contributed by atoms with van der Waals surface area (Å²) in [5.41, 5.74) is 3.19. The second-order valence-corrected chi connectivity index (χ2v) is 8.02. The highest BCUT2D eigenvalue weighted by Crippen LogP contribution is 2.56. The van der Waals surface area contributed by atoms with Crippen molar-refractivity contribution >= 4 is 12.0 Å². The van der Waals surface area contributed by atoms with Gasteiger partial charge < -0.3 is 5.11 Å². The first-order chi connectivity index (χ1) is 13.9. The first-order valence-electron chi connectivity index (χ1n) is 10.1. The molecule has 2 aromatic rings. The van der Waals surface area contributed by atoms with E-state index in [4.69, 9.17) is 0 Å². The minimum Gasteiger partial charge on any atom is -0.435 e. The van der Waals surface area contributed by atoms with Crippen molar-refractivity contribution in [1.82, 2.24) is 0 Å². The molecule has 0 bridgehead atoms. The number of rotatable bonds is 6. The maximum atomic E-state index is 13.0. The molecule has 1 heterocycles. The molecule has 2 aromatic carbocycles. The molecule has 1 fully saturated rings. The number of nitrogens with zero attached hydrogens (tertiary/aromatic N) is 2. The Morgan fingerprint density at radius 1 is 1.14 bits per heavy atom. The van der Waals surface area contributed by atoms with Crippen LogP contribution in [0.4, 0.5) is 4.79 Å². The van der Waals surface area contributed by atoms with Gasteiger partial charge in [-0.25, -0.2) is 4.79 Å². The third-order valence-corrected chi connectivity index (χ3v) is 5.91. The van der Waals surface area contributed by atoms with Crippen LogP contribution in [0.15, 0.2) is 48.5 Å². The number of imide groups is 1. The van der Waals surface area contributed by atoms with E-state index in [1.54, 1.807) is 6.07 Å². The first-order valence-corrected chi connectivity index (χ1v) is 10.1. The largest absolute Gasteiger partial charge is 0.522 e. The first kappa shape index (κ1) is 20.8. The van der Waals surface area contributed by atoms with Crippen LogP contribution in [-0.4, -0.2) is 27.6 Å². The molecule has 3 unspecified atom stereocenters. The van der Waals surface area contributed by atoms with Crippen LogP contribution < -0.4 is 0 Å². The van der Waals surface area contributed by atoms with Gasteiger partial charge in [-0.3, -0.25) is 0 Å². The summed E-state index contributed by atoms with van der Waals surface area (Å²) in [4.78, 5) is 25.2. The number of nitriles is 1. The fraction of sp³-hybridized carbons (Fsp3) is 0.375. The average Bonchev–Trinajstić information content (AvgIpc) is 3.44. The predicted molar refractivity (Wildman–Crippen MR) is 111 cm³/mol. The molecule has 3 rings (SSSR count). The fourth-order valence-corrected chi connectivity index (χ4v) is 4.51. The molecule has 0 spiro atoms. The summed E-state index contributed by atoms with van der Waals surface area (Å²) in [5.74, 6) is -0.136. The van der Waals surface area contributed by atoms with E-state index in [1.165, 1.54) is 0 Å². The van der Waals surface area contributed by atoms with Crippen molar-refractivity contribution in [3.05, 3.63) is 59.7 Å². The quantitative estimate of drug-likeness (QED) is 0.520. The minimum atomic E-state index is -1.06. The van der Waals surface area contributed by atoms with E-state index in [1.807, 2.05) is 63.2 Å². The Balaban J connectivity index is 1.97. The molecule has 3 atom stereocenters. The minimum absolute atomic E-state index is 0.0701. The Morgan fingerprint density at radius 2 is 1.79 bits per heavy atom. The van der Waals surface area contributed by atoms with Crippen LogP contribution in [0.5, 0.6) is 0 Å². The zero-order valence-corrected chi connectivity index (χ0v) is 17.1. The predicted octanol–water partition coefficient (Wildman–Crippen LogP) is 5.52. The lowest BCUT2D eigenvalue weighted by Gasteiger charge is -2.14. The van der Waals surface area contributed by atoms with E-state index in [0.29, 0.717) is 12.0 Å². The van der Waals surface area contributed by atoms with Gasteiger partial charge in [-0.05, 0) is 23.6 Å². The lowest BCUT2D eigenvalue weighted by Crippen LogP contribution is -2.42. The Kier molecular flexibility index (Phi) is 5.86. The molecule has 0 aliphatic carbocycles. The van der Waals surface area contributed by atoms with Crippen LogP contribution in [0, 0.1) is 17.2 Å². The maximum absolute atomic E-state index is 13.0. The summed E-state index contributed by atoms with van der Waals surface area (Å²) >= 11 is 0. The molecule has 1 N–H and O–H groups in total. The highest BCUT2D eigenvalue weighted by Gasteiger charge is 2.77. The van der Waals surface area contributed by atoms with Crippen LogP contribution in [0.2, 0.25) is 0 Å². The third-order valence-electron chi connectivity index (χ3n) is 5.91. The van der Waals surface area contributed by atoms with Crippen molar-refractivity contribution < 1.29 is 19.2 Å². The van der Waals surface area contributed by atoms with E-state index in [2.05, 4.69) is 6.07 Å². The number of benzene rings is 2. The average molecular weight is 391 g/mol. The van der Waals surface area contributed by atoms with E-state index < -0.39 is 10.6 Å². The molecule has 2 amide bonds. The zero-order valence-electron chi connectivity index (χ0n) is 17.1. The van der Waals surface area contributed by atoms with Crippen molar-refractivity contribution in [2.45, 2.75) is 52.1 Å². The van der Waals surface area contributed by atoms with Gasteiger partial charge in [0.1, 0.15) is 0 Å². The molecule has 29 heavy (non-hydrogen) atoms. The van der Waals surface area contributed by atoms with Gasteiger partial charge in [0.15, 0.2) is 12.1 Å². The number of carbonyl (C=O) groups excluding carboxylic acids is 1. The van der Waals surface area contributed by atoms with Crippen LogP contribution in [0.25, 0.3) is 11.1 Å². The molecule has 5 heteroatoms. The van der Waals surface area contributed by atoms with Crippen LogP contribution in [-0.2, 0) is 4.79 Å². The number of unbranched alkanes of at least 4 members (excludes halogenated alkanes) is 1. The zero-order chi connectivity index (χ0) is 21.2. The fourth-order valence-electron chi connectivity index (χ4n) is 4.51. The van der Waals surface area contributed by atoms with Crippen molar-refractivity contribution in [1.29, 1.82) is 5.26 Å². The van der Waals surface area contributed by atoms with Gasteiger partial charge in [-0.15, -0.1) is 4.48 Å². The molecule has 1 aliphatic heterocycles. The summed E-state index contributed by atoms with van der Waals surface area (Å²) in [6.45, 7) is 5.95. The Hall–Kier alpha value is -2.97. The molecule has 150 valence electrons. The van der Waals surface area contributed by atoms with Crippen molar-refractivity contribution in [3.63, 3.8) is 0 Å². The normalized spacial score (nSPS) is 22.9. The Morgan fingerprint density at radius 3 is 2.34 bits per heavy atom. The SMILES string of the molecule is CCCCC(=O)[N+]1(C(=O)O)C(c2ccc(-c3ccccc3C#N)cc2)C1C(C)C. The molecular weight excluding hydrogens is 364 g/mol. The van der Waals surface area contributed by atoms with E-state index in [9.17, 15) is 20.0 Å². The van der Waals surface area contributed by atoms with Gasteiger partial charge in [0, 0.05) is 11.5 Å². The van der Waals surface area contributed by atoms with Crippen molar-refractivity contribution in [3.8, 4) is 17.2 Å². The van der Waals surface area contributed by atoms with Gasteiger partial charge in [0.2, 0.25) is 0 Å². The summed E-state index contributed by atoms with van der Waals surface area (Å²) in [6, 6.07) is 16.6. The molecule has 5 nitrogen and oxygen atoms in total. The van der Waals surface area contributed by atoms with Crippen LogP contribution in [0.1, 0.15) is 57.2 Å². The third kappa shape index (κ3) is 3.45. The Labute approximate surface area is 171 Å². The monoisotopic (exact) mass is 391 g/mol. The summed E-state index contributed by atoms with van der Waals surface area (Å²) in [5, 5.41) is 19.4. The smallest absolute Gasteiger partial charge is 0.435 e. The van der Waals surface area contributed by atoms with Crippen LogP contribution >= 0.6 is 0 Å². The summed E-state index contributed by atoms with van der Waals surface area (Å²) < 4.78 is -0.494. The van der Waals surface area contributed by atoms with Crippen molar-refractivity contribution in [2.24, 2.45) is 5.92 Å². The molecule has 1 aliphatic rings. The topological polar surface area (TPSA) is 78.2 Å². The highest BCUT2D eigenvalue weighted by molar-refractivity contribution is 5.83. The van der Waals surface area contributed by atoms with Crippen molar-refractivity contribution in [2.75, 3.05) is 0 Å². The second kappa shape index (κ2) is 8.18. The lowest BCUT2D eigenvalue weighted by atomic mass is 9.97.